The Bertz CT molecular complexity index is 3280. The molecule has 0 spiro atoms. The summed E-state index contributed by atoms with van der Waals surface area (Å²) in [5.41, 5.74) is 20.2. The largest absolute Gasteiger partial charge is 0.456 e. The van der Waals surface area contributed by atoms with Gasteiger partial charge in [0.1, 0.15) is 11.2 Å². The summed E-state index contributed by atoms with van der Waals surface area (Å²) in [6, 6.07) is 56.0. The van der Waals surface area contributed by atoms with Gasteiger partial charge in [-0.25, -0.2) is 0 Å². The molecule has 1 aromatic heterocycles. The lowest BCUT2D eigenvalue weighted by Crippen LogP contribution is -2.45. The summed E-state index contributed by atoms with van der Waals surface area (Å²) in [4.78, 5) is 2.56. The summed E-state index contributed by atoms with van der Waals surface area (Å²) in [6.45, 7) is 14.5. The van der Waals surface area contributed by atoms with Crippen molar-refractivity contribution in [2.45, 2.75) is 70.6 Å². The van der Waals surface area contributed by atoms with Crippen LogP contribution in [0.25, 0.3) is 55.0 Å². The van der Waals surface area contributed by atoms with Gasteiger partial charge in [-0.2, -0.15) is 0 Å². The number of nitrogens with one attached hydrogen (secondary N) is 1. The zero-order valence-corrected chi connectivity index (χ0v) is 35.8. The lowest BCUT2D eigenvalue weighted by molar-refractivity contribution is 0.332. The van der Waals surface area contributed by atoms with Crippen molar-refractivity contribution in [2.75, 3.05) is 10.2 Å². The van der Waals surface area contributed by atoms with Crippen LogP contribution in [0.15, 0.2) is 156 Å². The molecular formula is C57H48BN2O. The Hall–Kier alpha value is -6.52. The zero-order valence-electron chi connectivity index (χ0n) is 35.8. The number of anilines is 5. The number of nitrogens with zero attached hydrogens (tertiary/aromatic N) is 1. The lowest BCUT2D eigenvalue weighted by Gasteiger charge is -2.46. The first-order valence-electron chi connectivity index (χ1n) is 21.9. The number of fused-ring (bicyclic) bond motifs is 9. The van der Waals surface area contributed by atoms with Gasteiger partial charge >= 0.3 is 0 Å². The van der Waals surface area contributed by atoms with Crippen LogP contribution in [-0.2, 0) is 16.2 Å². The van der Waals surface area contributed by atoms with Crippen LogP contribution in [0.5, 0.6) is 0 Å². The summed E-state index contributed by atoms with van der Waals surface area (Å²) < 4.78 is 6.95. The average Bonchev–Trinajstić information content (AvgIpc) is 3.64. The first-order chi connectivity index (χ1) is 29.5. The standard InChI is InChI=1S/C57H48BN2O/c1-55(2)27-28-56(3,4)43-32-46(59-38-25-23-35(24-26-38)34-15-8-7-9-16-34)40(31-42(43)55)52-51-39-19-12-13-22-49(39)61-50(51)33-48-53(52)58-45-21-14-20-41-54(45)60(48)47-30-37-18-11-10-17-36(37)29-44(47)57(41,5)6/h7-26,29-33,59H,27-28H2,1-6H3. The molecule has 3 aliphatic rings. The monoisotopic (exact) mass is 787 g/mol. The Labute approximate surface area is 359 Å². The molecule has 0 saturated heterocycles. The topological polar surface area (TPSA) is 28.4 Å². The fourth-order valence-corrected chi connectivity index (χ4v) is 11.0. The second-order valence-electron chi connectivity index (χ2n) is 19.5. The van der Waals surface area contributed by atoms with E-state index in [0.717, 1.165) is 51.8 Å². The molecule has 295 valence electrons. The van der Waals surface area contributed by atoms with Gasteiger partial charge in [-0.05, 0) is 121 Å². The third-order valence-corrected chi connectivity index (χ3v) is 14.5. The highest BCUT2D eigenvalue weighted by Crippen LogP contribution is 2.55. The fourth-order valence-electron chi connectivity index (χ4n) is 11.0. The molecule has 0 saturated carbocycles. The van der Waals surface area contributed by atoms with E-state index >= 15 is 0 Å². The Kier molecular flexibility index (Phi) is 7.60. The summed E-state index contributed by atoms with van der Waals surface area (Å²) in [7, 11) is 2.47. The molecule has 0 unspecified atom stereocenters. The van der Waals surface area contributed by atoms with Gasteiger partial charge in [0.2, 0.25) is 0 Å². The van der Waals surface area contributed by atoms with Crippen molar-refractivity contribution in [1.29, 1.82) is 0 Å². The maximum Gasteiger partial charge on any atom is 0.197 e. The second-order valence-corrected chi connectivity index (χ2v) is 19.5. The van der Waals surface area contributed by atoms with Crippen LogP contribution in [0.2, 0.25) is 0 Å². The molecular weight excluding hydrogens is 739 g/mol. The summed E-state index contributed by atoms with van der Waals surface area (Å²) in [5.74, 6) is 0. The minimum Gasteiger partial charge on any atom is -0.456 e. The number of furan rings is 1. The predicted octanol–water partition coefficient (Wildman–Crippen LogP) is 14.2. The van der Waals surface area contributed by atoms with E-state index in [-0.39, 0.29) is 16.2 Å². The molecule has 0 fully saturated rings. The molecule has 4 heteroatoms. The molecule has 0 atom stereocenters. The van der Waals surface area contributed by atoms with Crippen molar-refractivity contribution in [1.82, 2.24) is 0 Å². The zero-order chi connectivity index (χ0) is 41.4. The van der Waals surface area contributed by atoms with Crippen molar-refractivity contribution >= 4 is 79.4 Å². The van der Waals surface area contributed by atoms with Crippen LogP contribution in [0, 0.1) is 0 Å². The highest BCUT2D eigenvalue weighted by molar-refractivity contribution is 6.74. The molecule has 61 heavy (non-hydrogen) atoms. The normalized spacial score (nSPS) is 16.4. The quantitative estimate of drug-likeness (QED) is 0.180. The van der Waals surface area contributed by atoms with Crippen LogP contribution >= 0.6 is 0 Å². The van der Waals surface area contributed by atoms with Crippen molar-refractivity contribution < 1.29 is 4.42 Å². The molecule has 3 heterocycles. The van der Waals surface area contributed by atoms with E-state index in [1.807, 2.05) is 0 Å². The van der Waals surface area contributed by atoms with Gasteiger partial charge in [0.15, 0.2) is 7.28 Å². The SMILES string of the molecule is CC1(C)CCC(C)(C)c2cc(-c3c4c(cc5oc6ccccc6c35)N3c5cc6ccccc6cc5C(C)(C)c5cccc(c53)[B]4)c(Nc3ccc(-c4ccccc4)cc3)cc21. The Morgan fingerprint density at radius 2 is 1.23 bits per heavy atom. The number of hydrogen-bond donors (Lipinski definition) is 1. The van der Waals surface area contributed by atoms with Crippen LogP contribution in [0.3, 0.4) is 0 Å². The summed E-state index contributed by atoms with van der Waals surface area (Å²) in [6.07, 6.45) is 2.27. The molecule has 12 rings (SSSR count). The van der Waals surface area contributed by atoms with Crippen LogP contribution in [0.4, 0.5) is 28.4 Å². The van der Waals surface area contributed by atoms with Crippen molar-refractivity contribution in [3.8, 4) is 22.3 Å². The number of benzene rings is 8. The third kappa shape index (κ3) is 5.37. The van der Waals surface area contributed by atoms with Gasteiger partial charge in [-0.15, -0.1) is 0 Å². The van der Waals surface area contributed by atoms with E-state index in [1.165, 1.54) is 77.6 Å². The van der Waals surface area contributed by atoms with Crippen molar-refractivity contribution in [2.24, 2.45) is 0 Å². The maximum absolute atomic E-state index is 6.95. The highest BCUT2D eigenvalue weighted by atomic mass is 16.3. The minimum absolute atomic E-state index is 0.00551. The molecule has 0 amide bonds. The Morgan fingerprint density at radius 3 is 2.00 bits per heavy atom. The van der Waals surface area contributed by atoms with E-state index < -0.39 is 0 Å². The molecule has 8 aromatic carbocycles. The number of hydrogen-bond acceptors (Lipinski definition) is 3. The minimum atomic E-state index is -0.205. The van der Waals surface area contributed by atoms with Crippen LogP contribution < -0.4 is 21.1 Å². The summed E-state index contributed by atoms with van der Waals surface area (Å²) >= 11 is 0. The average molecular weight is 788 g/mol. The Balaban J connectivity index is 1.17. The van der Waals surface area contributed by atoms with Gasteiger partial charge in [-0.3, -0.25) is 0 Å². The lowest BCUT2D eigenvalue weighted by atomic mass is 9.55. The molecule has 0 bridgehead atoms. The first kappa shape index (κ1) is 36.3. The number of para-hydroxylation sites is 2. The van der Waals surface area contributed by atoms with E-state index in [4.69, 9.17) is 4.42 Å². The van der Waals surface area contributed by atoms with E-state index in [2.05, 4.69) is 211 Å². The smallest absolute Gasteiger partial charge is 0.197 e. The Morgan fingerprint density at radius 1 is 0.557 bits per heavy atom. The van der Waals surface area contributed by atoms with E-state index in [9.17, 15) is 0 Å². The van der Waals surface area contributed by atoms with Crippen molar-refractivity contribution in [3.63, 3.8) is 0 Å². The fraction of sp³-hybridized carbons (Fsp3) is 0.193. The molecule has 9 aromatic rings. The van der Waals surface area contributed by atoms with Gasteiger partial charge in [0.25, 0.3) is 0 Å². The molecule has 3 nitrogen and oxygen atoms in total. The van der Waals surface area contributed by atoms with Gasteiger partial charge in [0.05, 0.1) is 5.69 Å². The predicted molar refractivity (Wildman–Crippen MR) is 259 cm³/mol. The maximum atomic E-state index is 6.95. The van der Waals surface area contributed by atoms with Gasteiger partial charge < -0.3 is 14.6 Å². The first-order valence-corrected chi connectivity index (χ1v) is 21.9. The van der Waals surface area contributed by atoms with Crippen molar-refractivity contribution in [3.05, 3.63) is 174 Å². The van der Waals surface area contributed by atoms with Crippen LogP contribution in [-0.4, -0.2) is 7.28 Å². The van der Waals surface area contributed by atoms with Gasteiger partial charge in [0, 0.05) is 50.6 Å². The molecule has 1 radical (unpaired) electrons. The second kappa shape index (κ2) is 12.8. The van der Waals surface area contributed by atoms with Crippen LogP contribution in [0.1, 0.15) is 76.6 Å². The third-order valence-electron chi connectivity index (χ3n) is 14.5. The van der Waals surface area contributed by atoms with E-state index in [1.54, 1.807) is 0 Å². The summed E-state index contributed by atoms with van der Waals surface area (Å²) in [5, 5.41) is 8.81. The molecule has 1 N–H and O–H groups in total. The molecule has 1 aliphatic carbocycles. The van der Waals surface area contributed by atoms with E-state index in [0.29, 0.717) is 0 Å². The number of rotatable bonds is 4. The van der Waals surface area contributed by atoms with Gasteiger partial charge in [-0.1, -0.05) is 150 Å². The molecule has 2 aliphatic heterocycles. The highest BCUT2D eigenvalue weighted by Gasteiger charge is 2.43.